The van der Waals surface area contributed by atoms with Crippen molar-refractivity contribution in [3.8, 4) is 0 Å². The molecule has 1 aliphatic carbocycles. The van der Waals surface area contributed by atoms with Crippen molar-refractivity contribution >= 4 is 34.4 Å². The highest BCUT2D eigenvalue weighted by Crippen LogP contribution is 2.48. The molecule has 28 heavy (non-hydrogen) atoms. The first-order valence-electron chi connectivity index (χ1n) is 9.52. The van der Waals surface area contributed by atoms with E-state index in [2.05, 4.69) is 35.4 Å². The maximum atomic E-state index is 13.3. The third-order valence-electron chi connectivity index (χ3n) is 5.41. The van der Waals surface area contributed by atoms with Gasteiger partial charge in [0.2, 0.25) is 5.91 Å². The van der Waals surface area contributed by atoms with Gasteiger partial charge in [0.15, 0.2) is 5.78 Å². The van der Waals surface area contributed by atoms with Crippen molar-refractivity contribution in [2.24, 2.45) is 5.41 Å². The lowest BCUT2D eigenvalue weighted by molar-refractivity contribution is -0.120. The topological polar surface area (TPSA) is 61.4 Å². The Labute approximate surface area is 169 Å². The van der Waals surface area contributed by atoms with Crippen LogP contribution in [0.3, 0.4) is 0 Å². The normalized spacial score (nSPS) is 20.8. The molecule has 2 N–H and O–H groups in total. The summed E-state index contributed by atoms with van der Waals surface area (Å²) in [6.07, 6.45) is 1.32. The largest absolute Gasteiger partial charge is 0.358 e. The van der Waals surface area contributed by atoms with Crippen LogP contribution in [-0.4, -0.2) is 25.3 Å². The molecular weight excluding hydrogens is 370 g/mol. The Kier molecular flexibility index (Phi) is 4.75. The van der Waals surface area contributed by atoms with Crippen LogP contribution >= 0.6 is 11.3 Å². The number of Topliss-reactive ketones (excluding diaryl/α,β-unsaturated/α-hetero) is 1. The van der Waals surface area contributed by atoms with Gasteiger partial charge >= 0.3 is 0 Å². The number of thiophene rings is 1. The van der Waals surface area contributed by atoms with Gasteiger partial charge in [-0.2, -0.15) is 0 Å². The summed E-state index contributed by atoms with van der Waals surface area (Å²) in [6.45, 7) is 4.45. The molecule has 0 spiro atoms. The number of allylic oxidation sites excluding steroid dienone is 1. The number of nitrogens with zero attached hydrogens (tertiary/aromatic N) is 1. The van der Waals surface area contributed by atoms with Crippen LogP contribution in [0.5, 0.6) is 0 Å². The van der Waals surface area contributed by atoms with Crippen molar-refractivity contribution in [2.75, 3.05) is 23.8 Å². The monoisotopic (exact) mass is 395 g/mol. The molecule has 2 heterocycles. The molecule has 0 radical (unpaired) electrons. The lowest BCUT2D eigenvalue weighted by atomic mass is 9.74. The summed E-state index contributed by atoms with van der Waals surface area (Å²) in [4.78, 5) is 28.9. The van der Waals surface area contributed by atoms with E-state index in [1.165, 1.54) is 0 Å². The fourth-order valence-electron chi connectivity index (χ4n) is 4.20. The zero-order chi connectivity index (χ0) is 19.9. The molecule has 5 nitrogen and oxygen atoms in total. The van der Waals surface area contributed by atoms with Crippen molar-refractivity contribution in [1.29, 1.82) is 0 Å². The van der Waals surface area contributed by atoms with E-state index >= 15 is 0 Å². The first-order valence-corrected chi connectivity index (χ1v) is 10.4. The SMILES string of the molecule is CNC(=O)CN1c2ccccc2NC2=C(C(=O)CC(C)(C)C2)C1c1cccs1. The zero-order valence-corrected chi connectivity index (χ0v) is 17.2. The van der Waals surface area contributed by atoms with Crippen LogP contribution in [-0.2, 0) is 9.59 Å². The van der Waals surface area contributed by atoms with Crippen LogP contribution in [0.15, 0.2) is 53.0 Å². The Morgan fingerprint density at radius 1 is 1.25 bits per heavy atom. The summed E-state index contributed by atoms with van der Waals surface area (Å²) in [6, 6.07) is 11.8. The number of hydrogen-bond donors (Lipinski definition) is 2. The van der Waals surface area contributed by atoms with E-state index in [0.29, 0.717) is 6.42 Å². The number of benzene rings is 1. The maximum absolute atomic E-state index is 13.3. The number of amides is 1. The number of anilines is 2. The number of para-hydroxylation sites is 2. The van der Waals surface area contributed by atoms with Gasteiger partial charge in [0.05, 0.1) is 24.0 Å². The maximum Gasteiger partial charge on any atom is 0.239 e. The zero-order valence-electron chi connectivity index (χ0n) is 16.4. The number of rotatable bonds is 3. The number of ketones is 1. The van der Waals surface area contributed by atoms with Crippen molar-refractivity contribution < 1.29 is 9.59 Å². The van der Waals surface area contributed by atoms with Crippen molar-refractivity contribution in [3.05, 3.63) is 57.9 Å². The molecule has 2 aliphatic rings. The van der Waals surface area contributed by atoms with Gasteiger partial charge in [-0.3, -0.25) is 9.59 Å². The second kappa shape index (κ2) is 7.09. The Bertz CT molecular complexity index is 946. The molecule has 0 saturated heterocycles. The average molecular weight is 396 g/mol. The highest BCUT2D eigenvalue weighted by atomic mass is 32.1. The minimum absolute atomic E-state index is 0.0796. The van der Waals surface area contributed by atoms with Gasteiger partial charge in [0, 0.05) is 29.6 Å². The van der Waals surface area contributed by atoms with E-state index in [0.717, 1.165) is 33.9 Å². The Balaban J connectivity index is 1.94. The lowest BCUT2D eigenvalue weighted by Gasteiger charge is -2.37. The van der Waals surface area contributed by atoms with Gasteiger partial charge in [0.1, 0.15) is 0 Å². The highest BCUT2D eigenvalue weighted by Gasteiger charge is 2.42. The second-order valence-corrected chi connectivity index (χ2v) is 9.17. The Hall–Kier alpha value is -2.60. The summed E-state index contributed by atoms with van der Waals surface area (Å²) in [7, 11) is 1.64. The molecule has 1 unspecified atom stereocenters. The molecule has 1 atom stereocenters. The van der Waals surface area contributed by atoms with E-state index in [1.54, 1.807) is 18.4 Å². The van der Waals surface area contributed by atoms with Crippen LogP contribution in [0.2, 0.25) is 0 Å². The highest BCUT2D eigenvalue weighted by molar-refractivity contribution is 7.10. The smallest absolute Gasteiger partial charge is 0.239 e. The van der Waals surface area contributed by atoms with Gasteiger partial charge in [-0.25, -0.2) is 0 Å². The van der Waals surface area contributed by atoms with Gasteiger partial charge < -0.3 is 15.5 Å². The number of hydrogen-bond acceptors (Lipinski definition) is 5. The molecule has 2 aromatic rings. The predicted octanol–water partition coefficient (Wildman–Crippen LogP) is 4.11. The third-order valence-corrected chi connectivity index (χ3v) is 6.33. The number of carbonyl (C=O) groups excluding carboxylic acids is 2. The molecule has 0 bridgehead atoms. The van der Waals surface area contributed by atoms with Crippen LogP contribution in [0.4, 0.5) is 11.4 Å². The van der Waals surface area contributed by atoms with Crippen LogP contribution in [0.25, 0.3) is 0 Å². The second-order valence-electron chi connectivity index (χ2n) is 8.19. The Morgan fingerprint density at radius 2 is 2.04 bits per heavy atom. The summed E-state index contributed by atoms with van der Waals surface area (Å²) >= 11 is 1.62. The third kappa shape index (κ3) is 3.33. The number of carbonyl (C=O) groups is 2. The number of nitrogens with one attached hydrogen (secondary N) is 2. The molecular formula is C22H25N3O2S. The number of fused-ring (bicyclic) bond motifs is 1. The molecule has 6 heteroatoms. The fourth-order valence-corrected chi connectivity index (χ4v) is 5.05. The Morgan fingerprint density at radius 3 is 2.75 bits per heavy atom. The lowest BCUT2D eigenvalue weighted by Crippen LogP contribution is -2.41. The summed E-state index contributed by atoms with van der Waals surface area (Å²) < 4.78 is 0. The minimum atomic E-state index is -0.271. The van der Waals surface area contributed by atoms with Crippen LogP contribution in [0.1, 0.15) is 37.6 Å². The summed E-state index contributed by atoms with van der Waals surface area (Å²) in [5.74, 6) is 0.0795. The van der Waals surface area contributed by atoms with E-state index < -0.39 is 0 Å². The van der Waals surface area contributed by atoms with Crippen molar-refractivity contribution in [1.82, 2.24) is 5.32 Å². The number of likely N-dealkylation sites (N-methyl/N-ethyl adjacent to an activating group) is 1. The van der Waals surface area contributed by atoms with Gasteiger partial charge in [0.25, 0.3) is 0 Å². The van der Waals surface area contributed by atoms with Gasteiger partial charge in [-0.15, -0.1) is 11.3 Å². The molecule has 146 valence electrons. The molecule has 4 rings (SSSR count). The van der Waals surface area contributed by atoms with Crippen molar-refractivity contribution in [2.45, 2.75) is 32.7 Å². The van der Waals surface area contributed by atoms with Crippen LogP contribution < -0.4 is 15.5 Å². The summed E-state index contributed by atoms with van der Waals surface area (Å²) in [5, 5.41) is 8.30. The molecule has 1 aromatic heterocycles. The van der Waals surface area contributed by atoms with E-state index in [1.807, 2.05) is 35.7 Å². The van der Waals surface area contributed by atoms with E-state index in [-0.39, 0.29) is 29.7 Å². The van der Waals surface area contributed by atoms with Crippen molar-refractivity contribution in [3.63, 3.8) is 0 Å². The predicted molar refractivity (Wildman–Crippen MR) is 114 cm³/mol. The molecule has 1 aliphatic heterocycles. The minimum Gasteiger partial charge on any atom is -0.358 e. The van der Waals surface area contributed by atoms with E-state index in [9.17, 15) is 9.59 Å². The molecule has 0 fully saturated rings. The first kappa shape index (κ1) is 18.7. The quantitative estimate of drug-likeness (QED) is 0.821. The molecule has 0 saturated carbocycles. The van der Waals surface area contributed by atoms with Gasteiger partial charge in [-0.05, 0) is 35.4 Å². The van der Waals surface area contributed by atoms with Gasteiger partial charge in [-0.1, -0.05) is 32.0 Å². The summed E-state index contributed by atoms with van der Waals surface area (Å²) in [5.41, 5.74) is 3.55. The molecule has 1 aromatic carbocycles. The standard InChI is InChI=1S/C22H25N3O2S/c1-22(2)11-15-20(17(26)12-22)21(18-9-6-10-28-18)25(13-19(27)23-3)16-8-5-4-7-14(16)24-15/h4-10,21,24H,11-13H2,1-3H3,(H,23,27). The first-order chi connectivity index (χ1) is 13.4. The van der Waals surface area contributed by atoms with Crippen LogP contribution in [0, 0.1) is 5.41 Å². The average Bonchev–Trinajstić information content (AvgIpc) is 3.13. The fraction of sp³-hybridized carbons (Fsp3) is 0.364. The van der Waals surface area contributed by atoms with E-state index in [4.69, 9.17) is 0 Å². The molecule has 1 amide bonds.